The van der Waals surface area contributed by atoms with Crippen LogP contribution in [0.1, 0.15) is 44.0 Å². The van der Waals surface area contributed by atoms with Crippen LogP contribution in [0.3, 0.4) is 0 Å². The van der Waals surface area contributed by atoms with Crippen molar-refractivity contribution in [3.8, 4) is 0 Å². The molecule has 0 bridgehead atoms. The largest absolute Gasteiger partial charge is 0.406 e. The Morgan fingerprint density at radius 3 is 2.40 bits per heavy atom. The number of piperidine rings is 1. The molecule has 1 aromatic carbocycles. The molecule has 2 rings (SSSR count). The van der Waals surface area contributed by atoms with Crippen LogP contribution in [0, 0.1) is 11.7 Å². The lowest BCUT2D eigenvalue weighted by Gasteiger charge is -2.40. The Morgan fingerprint density at radius 2 is 1.87 bits per heavy atom. The van der Waals surface area contributed by atoms with Crippen LogP contribution in [0.2, 0.25) is 5.02 Å². The van der Waals surface area contributed by atoms with E-state index in [-0.39, 0.29) is 16.5 Å². The van der Waals surface area contributed by atoms with Crippen LogP contribution in [-0.4, -0.2) is 59.5 Å². The van der Waals surface area contributed by atoms with Gasteiger partial charge in [0.05, 0.1) is 0 Å². The number of benzene rings is 1. The fourth-order valence-electron chi connectivity index (χ4n) is 3.36. The van der Waals surface area contributed by atoms with Gasteiger partial charge >= 0.3 is 6.18 Å². The van der Waals surface area contributed by atoms with E-state index in [1.165, 1.54) is 6.07 Å². The Hall–Kier alpha value is -1.42. The highest BCUT2D eigenvalue weighted by molar-refractivity contribution is 6.31. The number of hydrogen-bond acceptors (Lipinski definition) is 4. The van der Waals surface area contributed by atoms with Crippen molar-refractivity contribution in [3.05, 3.63) is 34.6 Å². The van der Waals surface area contributed by atoms with Crippen molar-refractivity contribution in [2.75, 3.05) is 19.6 Å². The molecule has 2 atom stereocenters. The highest BCUT2D eigenvalue weighted by Crippen LogP contribution is 2.30. The van der Waals surface area contributed by atoms with Gasteiger partial charge in [-0.2, -0.15) is 13.2 Å². The Labute approximate surface area is 178 Å². The van der Waals surface area contributed by atoms with Crippen LogP contribution >= 0.6 is 11.6 Å². The van der Waals surface area contributed by atoms with E-state index >= 15 is 0 Å². The molecule has 170 valence electrons. The highest BCUT2D eigenvalue weighted by atomic mass is 35.5. The number of carbonyl (C=O) groups is 1. The summed E-state index contributed by atoms with van der Waals surface area (Å²) < 4.78 is 52.4. The van der Waals surface area contributed by atoms with Gasteiger partial charge in [0.1, 0.15) is 17.6 Å². The lowest BCUT2D eigenvalue weighted by atomic mass is 9.95. The topological polar surface area (TPSA) is 64.6 Å². The van der Waals surface area contributed by atoms with E-state index in [0.717, 1.165) is 26.0 Å². The molecule has 1 aliphatic heterocycles. The number of halogens is 5. The molecule has 0 aliphatic carbocycles. The minimum absolute atomic E-state index is 0.142. The van der Waals surface area contributed by atoms with Gasteiger partial charge in [-0.25, -0.2) is 4.39 Å². The first-order valence-electron chi connectivity index (χ1n) is 9.81. The highest BCUT2D eigenvalue weighted by Gasteiger charge is 2.48. The predicted octanol–water partition coefficient (Wildman–Crippen LogP) is 3.56. The summed E-state index contributed by atoms with van der Waals surface area (Å²) in [6.07, 6.45) is -4.39. The number of nitrogens with zero attached hydrogens (tertiary/aromatic N) is 1. The standard InChI is InChI=1S/C20H28ClF4N3O2/c1-12(17(29)27-19(2,3)20(23,24)25)28-6-4-13(5-7-28)11-26-18(30)14-8-15(21)10-16(22)9-14/h8-10,12-13,17,27,29H,4-7,11H2,1-3H3,(H,26,30). The molecule has 1 amide bonds. The molecule has 0 aromatic heterocycles. The number of aliphatic hydroxyl groups excluding tert-OH is 1. The molecule has 1 saturated heterocycles. The summed E-state index contributed by atoms with van der Waals surface area (Å²) in [7, 11) is 0. The number of likely N-dealkylation sites (tertiary alicyclic amines) is 1. The van der Waals surface area contributed by atoms with Gasteiger partial charge in [0.25, 0.3) is 5.91 Å². The Balaban J connectivity index is 1.80. The Morgan fingerprint density at radius 1 is 1.27 bits per heavy atom. The normalized spacial score (nSPS) is 18.8. The van der Waals surface area contributed by atoms with Crippen LogP contribution in [0.15, 0.2) is 18.2 Å². The molecular weight excluding hydrogens is 426 g/mol. The summed E-state index contributed by atoms with van der Waals surface area (Å²) in [4.78, 5) is 14.1. The van der Waals surface area contributed by atoms with Crippen molar-refractivity contribution in [2.45, 2.75) is 57.6 Å². The molecule has 2 unspecified atom stereocenters. The molecule has 0 spiro atoms. The van der Waals surface area contributed by atoms with Crippen LogP contribution in [0.4, 0.5) is 17.6 Å². The molecule has 3 N–H and O–H groups in total. The van der Waals surface area contributed by atoms with Gasteiger partial charge in [-0.1, -0.05) is 11.6 Å². The smallest absolute Gasteiger partial charge is 0.377 e. The van der Waals surface area contributed by atoms with Crippen molar-refractivity contribution >= 4 is 17.5 Å². The first kappa shape index (κ1) is 24.8. The number of aliphatic hydroxyl groups is 1. The number of nitrogens with one attached hydrogen (secondary N) is 2. The third-order valence-electron chi connectivity index (χ3n) is 5.58. The van der Waals surface area contributed by atoms with E-state index in [1.54, 1.807) is 6.92 Å². The summed E-state index contributed by atoms with van der Waals surface area (Å²) in [5.74, 6) is -0.824. The van der Waals surface area contributed by atoms with Gasteiger partial charge in [-0.15, -0.1) is 0 Å². The minimum Gasteiger partial charge on any atom is -0.377 e. The second-order valence-corrected chi connectivity index (χ2v) is 8.74. The van der Waals surface area contributed by atoms with Gasteiger partial charge in [-0.05, 0) is 70.8 Å². The van der Waals surface area contributed by atoms with E-state index < -0.39 is 35.7 Å². The SMILES string of the molecule is CC(C(O)NC(C)(C)C(F)(F)F)N1CCC(CNC(=O)c2cc(F)cc(Cl)c2)CC1. The maximum Gasteiger partial charge on any atom is 0.406 e. The maximum atomic E-state index is 13.4. The van der Waals surface area contributed by atoms with Crippen molar-refractivity contribution in [1.82, 2.24) is 15.5 Å². The molecule has 1 aliphatic rings. The van der Waals surface area contributed by atoms with E-state index in [4.69, 9.17) is 11.6 Å². The summed E-state index contributed by atoms with van der Waals surface area (Å²) in [6.45, 7) is 5.22. The summed E-state index contributed by atoms with van der Waals surface area (Å²) in [5.41, 5.74) is -2.06. The lowest BCUT2D eigenvalue weighted by molar-refractivity contribution is -0.197. The molecular formula is C20H28ClF4N3O2. The maximum absolute atomic E-state index is 13.4. The minimum atomic E-state index is -4.48. The van der Waals surface area contributed by atoms with Crippen molar-refractivity contribution < 1.29 is 27.5 Å². The number of hydrogen-bond donors (Lipinski definition) is 3. The zero-order valence-electron chi connectivity index (χ0n) is 17.2. The first-order valence-corrected chi connectivity index (χ1v) is 10.2. The van der Waals surface area contributed by atoms with Gasteiger partial charge in [0.2, 0.25) is 0 Å². The fourth-order valence-corrected chi connectivity index (χ4v) is 3.58. The second kappa shape index (κ2) is 9.80. The quantitative estimate of drug-likeness (QED) is 0.436. The molecule has 5 nitrogen and oxygen atoms in total. The zero-order chi connectivity index (χ0) is 22.7. The molecule has 30 heavy (non-hydrogen) atoms. The van der Waals surface area contributed by atoms with Gasteiger partial charge in [0.15, 0.2) is 0 Å². The Kier molecular flexibility index (Phi) is 8.12. The van der Waals surface area contributed by atoms with Crippen molar-refractivity contribution in [3.63, 3.8) is 0 Å². The van der Waals surface area contributed by atoms with E-state index in [1.807, 2.05) is 4.90 Å². The van der Waals surface area contributed by atoms with E-state index in [9.17, 15) is 27.5 Å². The van der Waals surface area contributed by atoms with Crippen molar-refractivity contribution in [2.24, 2.45) is 5.92 Å². The lowest BCUT2D eigenvalue weighted by Crippen LogP contribution is -2.61. The van der Waals surface area contributed by atoms with Gasteiger partial charge in [0, 0.05) is 23.2 Å². The number of rotatable bonds is 7. The summed E-state index contributed by atoms with van der Waals surface area (Å²) in [5, 5.41) is 15.4. The number of alkyl halides is 3. The van der Waals surface area contributed by atoms with Gasteiger partial charge in [-0.3, -0.25) is 15.0 Å². The van der Waals surface area contributed by atoms with Crippen molar-refractivity contribution in [1.29, 1.82) is 0 Å². The third kappa shape index (κ3) is 6.54. The van der Waals surface area contributed by atoms with Crippen LogP contribution < -0.4 is 10.6 Å². The van der Waals surface area contributed by atoms with E-state index in [2.05, 4.69) is 10.6 Å². The average molecular weight is 454 g/mol. The Bertz CT molecular complexity index is 717. The fraction of sp³-hybridized carbons (Fsp3) is 0.650. The molecule has 0 radical (unpaired) electrons. The van der Waals surface area contributed by atoms with Crippen LogP contribution in [0.25, 0.3) is 0 Å². The number of carbonyl (C=O) groups excluding carboxylic acids is 1. The monoisotopic (exact) mass is 453 g/mol. The molecule has 1 aromatic rings. The summed E-state index contributed by atoms with van der Waals surface area (Å²) in [6, 6.07) is 3.12. The van der Waals surface area contributed by atoms with Gasteiger partial charge < -0.3 is 10.4 Å². The molecule has 1 heterocycles. The third-order valence-corrected chi connectivity index (χ3v) is 5.79. The second-order valence-electron chi connectivity index (χ2n) is 8.30. The van der Waals surface area contributed by atoms with E-state index in [0.29, 0.717) is 32.5 Å². The first-order chi connectivity index (χ1) is 13.8. The molecule has 0 saturated carbocycles. The molecule has 1 fully saturated rings. The average Bonchev–Trinajstić information content (AvgIpc) is 2.63. The van der Waals surface area contributed by atoms with Crippen LogP contribution in [0.5, 0.6) is 0 Å². The summed E-state index contributed by atoms with van der Waals surface area (Å²) >= 11 is 5.77. The predicted molar refractivity (Wildman–Crippen MR) is 107 cm³/mol. The zero-order valence-corrected chi connectivity index (χ0v) is 17.9. The number of amides is 1. The van der Waals surface area contributed by atoms with Crippen LogP contribution in [-0.2, 0) is 0 Å². The molecule has 10 heteroatoms.